The maximum atomic E-state index is 12.9. The molecular weight excluding hydrogens is 420 g/mol. The molecule has 2 N–H and O–H groups in total. The number of ether oxygens (including phenoxy) is 1. The zero-order valence-electron chi connectivity index (χ0n) is 18.5. The zero-order valence-corrected chi connectivity index (χ0v) is 18.5. The third-order valence-corrected chi connectivity index (χ3v) is 7.16. The highest BCUT2D eigenvalue weighted by atomic mass is 16.5. The molecule has 2 fully saturated rings. The number of piperidine rings is 1. The summed E-state index contributed by atoms with van der Waals surface area (Å²) < 4.78 is 5.63. The molecule has 33 heavy (non-hydrogen) atoms. The van der Waals surface area contributed by atoms with Gasteiger partial charge in [-0.15, -0.1) is 0 Å². The van der Waals surface area contributed by atoms with Gasteiger partial charge in [-0.1, -0.05) is 48.5 Å². The first-order valence-corrected chi connectivity index (χ1v) is 11.6. The van der Waals surface area contributed by atoms with Crippen molar-refractivity contribution in [1.29, 1.82) is 0 Å². The number of hydrogen-bond acceptors (Lipinski definition) is 4. The van der Waals surface area contributed by atoms with Crippen molar-refractivity contribution in [2.75, 3.05) is 13.2 Å². The summed E-state index contributed by atoms with van der Waals surface area (Å²) in [4.78, 5) is 38.5. The summed E-state index contributed by atoms with van der Waals surface area (Å²) in [6.07, 6.45) is 3.06. The quantitative estimate of drug-likeness (QED) is 0.699. The number of carbonyl (C=O) groups is 3. The maximum absolute atomic E-state index is 12.9. The average molecular weight is 449 g/mol. The van der Waals surface area contributed by atoms with Gasteiger partial charge in [0.05, 0.1) is 12.0 Å². The summed E-state index contributed by atoms with van der Waals surface area (Å²) in [5.74, 6) is -1.19. The van der Waals surface area contributed by atoms with E-state index in [2.05, 4.69) is 29.6 Å². The molecule has 0 unspecified atom stereocenters. The van der Waals surface area contributed by atoms with Crippen molar-refractivity contribution in [3.63, 3.8) is 0 Å². The Morgan fingerprint density at radius 1 is 1.00 bits per heavy atom. The number of nitrogens with zero attached hydrogens (tertiary/aromatic N) is 1. The summed E-state index contributed by atoms with van der Waals surface area (Å²) in [5.41, 5.74) is 4.00. The molecule has 1 aliphatic heterocycles. The standard InChI is InChI=1S/C26H28N2O5/c29-23(28-14-6-5-11-22(28)24(30)31)15-26(12-13-26)27-25(32)33-16-21-19-9-3-1-7-17(19)18-8-2-4-10-20(18)21/h1-4,7-10,21-22H,5-6,11-16H2,(H,27,32)(H,30,31)/t22-/m1/s1. The number of carboxylic acids is 1. The second-order valence-corrected chi connectivity index (χ2v) is 9.34. The zero-order chi connectivity index (χ0) is 23.0. The molecule has 0 spiro atoms. The molecule has 1 saturated heterocycles. The Morgan fingerprint density at radius 3 is 2.24 bits per heavy atom. The molecule has 172 valence electrons. The van der Waals surface area contributed by atoms with Gasteiger partial charge >= 0.3 is 12.1 Å². The van der Waals surface area contributed by atoms with Gasteiger partial charge in [-0.05, 0) is 54.4 Å². The number of rotatable bonds is 6. The lowest BCUT2D eigenvalue weighted by molar-refractivity contribution is -0.152. The van der Waals surface area contributed by atoms with Crippen molar-refractivity contribution in [2.45, 2.75) is 56.0 Å². The molecule has 1 saturated carbocycles. The van der Waals surface area contributed by atoms with E-state index in [1.165, 1.54) is 16.0 Å². The van der Waals surface area contributed by atoms with Crippen molar-refractivity contribution >= 4 is 18.0 Å². The van der Waals surface area contributed by atoms with Gasteiger partial charge in [0, 0.05) is 12.5 Å². The highest BCUT2D eigenvalue weighted by Crippen LogP contribution is 2.45. The highest BCUT2D eigenvalue weighted by molar-refractivity contribution is 5.85. The molecule has 0 bridgehead atoms. The van der Waals surface area contributed by atoms with Crippen LogP contribution in [0.1, 0.15) is 55.6 Å². The van der Waals surface area contributed by atoms with Crippen LogP contribution in [-0.2, 0) is 14.3 Å². The fourth-order valence-electron chi connectivity index (χ4n) is 5.23. The molecule has 3 aliphatic rings. The number of carboxylic acid groups (broad SMARTS) is 1. The summed E-state index contributed by atoms with van der Waals surface area (Å²) in [6, 6.07) is 15.6. The Morgan fingerprint density at radius 2 is 1.64 bits per heavy atom. The second-order valence-electron chi connectivity index (χ2n) is 9.34. The van der Waals surface area contributed by atoms with Crippen LogP contribution >= 0.6 is 0 Å². The number of hydrogen-bond donors (Lipinski definition) is 2. The molecule has 0 aromatic heterocycles. The number of aliphatic carboxylic acids is 1. The van der Waals surface area contributed by atoms with E-state index < -0.39 is 23.6 Å². The molecule has 0 radical (unpaired) electrons. The van der Waals surface area contributed by atoms with E-state index in [9.17, 15) is 19.5 Å². The predicted molar refractivity (Wildman–Crippen MR) is 122 cm³/mol. The monoisotopic (exact) mass is 448 g/mol. The molecule has 7 nitrogen and oxygen atoms in total. The van der Waals surface area contributed by atoms with Crippen molar-refractivity contribution < 1.29 is 24.2 Å². The van der Waals surface area contributed by atoms with Crippen molar-refractivity contribution in [3.8, 4) is 11.1 Å². The van der Waals surface area contributed by atoms with Gasteiger partial charge in [0.2, 0.25) is 5.91 Å². The number of nitrogens with one attached hydrogen (secondary N) is 1. The molecule has 7 heteroatoms. The van der Waals surface area contributed by atoms with Crippen molar-refractivity contribution in [2.24, 2.45) is 0 Å². The van der Waals surface area contributed by atoms with E-state index in [1.807, 2.05) is 24.3 Å². The number of benzene rings is 2. The van der Waals surface area contributed by atoms with Gasteiger partial charge in [-0.3, -0.25) is 4.79 Å². The smallest absolute Gasteiger partial charge is 0.407 e. The van der Waals surface area contributed by atoms with Crippen LogP contribution in [0, 0.1) is 0 Å². The predicted octanol–water partition coefficient (Wildman–Crippen LogP) is 3.91. The number of alkyl carbamates (subject to hydrolysis) is 1. The molecule has 2 amide bonds. The lowest BCUT2D eigenvalue weighted by Crippen LogP contribution is -2.50. The topological polar surface area (TPSA) is 95.9 Å². The fraction of sp³-hybridized carbons (Fsp3) is 0.423. The Labute approximate surface area is 192 Å². The summed E-state index contributed by atoms with van der Waals surface area (Å²) in [5, 5.41) is 12.3. The first-order valence-electron chi connectivity index (χ1n) is 11.6. The van der Waals surface area contributed by atoms with Gasteiger partial charge in [-0.2, -0.15) is 0 Å². The van der Waals surface area contributed by atoms with Crippen LogP contribution in [0.5, 0.6) is 0 Å². The lowest BCUT2D eigenvalue weighted by atomic mass is 9.98. The van der Waals surface area contributed by atoms with Crippen LogP contribution in [0.4, 0.5) is 4.79 Å². The molecule has 2 aromatic carbocycles. The molecule has 1 atom stereocenters. The first kappa shape index (κ1) is 21.5. The van der Waals surface area contributed by atoms with E-state index in [-0.39, 0.29) is 24.9 Å². The van der Waals surface area contributed by atoms with Gasteiger partial charge in [0.1, 0.15) is 12.6 Å². The van der Waals surface area contributed by atoms with Gasteiger partial charge in [0.25, 0.3) is 0 Å². The van der Waals surface area contributed by atoms with Crippen LogP contribution in [-0.4, -0.2) is 52.7 Å². The SMILES string of the molecule is O=C(NC1(CC(=O)N2CCCC[C@@H]2C(=O)O)CC1)OCC1c2ccccc2-c2ccccc21. The van der Waals surface area contributed by atoms with E-state index in [1.54, 1.807) is 0 Å². The highest BCUT2D eigenvalue weighted by Gasteiger charge is 2.48. The third-order valence-electron chi connectivity index (χ3n) is 7.16. The third kappa shape index (κ3) is 4.19. The number of fused-ring (bicyclic) bond motifs is 3. The van der Waals surface area contributed by atoms with Gasteiger partial charge in [-0.25, -0.2) is 9.59 Å². The number of amides is 2. The minimum atomic E-state index is -0.961. The van der Waals surface area contributed by atoms with Crippen molar-refractivity contribution in [3.05, 3.63) is 59.7 Å². The Hall–Kier alpha value is -3.35. The number of carbonyl (C=O) groups excluding carboxylic acids is 2. The molecule has 2 aromatic rings. The van der Waals surface area contributed by atoms with Gasteiger partial charge in [0.15, 0.2) is 0 Å². The van der Waals surface area contributed by atoms with E-state index in [0.29, 0.717) is 25.8 Å². The number of likely N-dealkylation sites (tertiary alicyclic amines) is 1. The lowest BCUT2D eigenvalue weighted by Gasteiger charge is -2.34. The fourth-order valence-corrected chi connectivity index (χ4v) is 5.23. The second kappa shape index (κ2) is 8.54. The molecule has 1 heterocycles. The minimum absolute atomic E-state index is 0.0235. The average Bonchev–Trinajstić information content (AvgIpc) is 3.49. The van der Waals surface area contributed by atoms with Crippen LogP contribution < -0.4 is 5.32 Å². The Balaban J connectivity index is 1.20. The molecule has 5 rings (SSSR count). The van der Waals surface area contributed by atoms with Crippen molar-refractivity contribution in [1.82, 2.24) is 10.2 Å². The van der Waals surface area contributed by atoms with Gasteiger partial charge < -0.3 is 20.1 Å². The Kier molecular flexibility index (Phi) is 5.56. The molecule has 2 aliphatic carbocycles. The van der Waals surface area contributed by atoms with E-state index >= 15 is 0 Å². The summed E-state index contributed by atoms with van der Waals surface area (Å²) >= 11 is 0. The van der Waals surface area contributed by atoms with Crippen LogP contribution in [0.25, 0.3) is 11.1 Å². The molecular formula is C26H28N2O5. The van der Waals surface area contributed by atoms with Crippen LogP contribution in [0.15, 0.2) is 48.5 Å². The van der Waals surface area contributed by atoms with E-state index in [4.69, 9.17) is 4.74 Å². The minimum Gasteiger partial charge on any atom is -0.480 e. The van der Waals surface area contributed by atoms with Crippen LogP contribution in [0.3, 0.4) is 0 Å². The van der Waals surface area contributed by atoms with Crippen LogP contribution in [0.2, 0.25) is 0 Å². The summed E-state index contributed by atoms with van der Waals surface area (Å²) in [7, 11) is 0. The first-order chi connectivity index (χ1) is 16.0. The largest absolute Gasteiger partial charge is 0.480 e. The summed E-state index contributed by atoms with van der Waals surface area (Å²) in [6.45, 7) is 0.675. The Bertz CT molecular complexity index is 1050. The normalized spacial score (nSPS) is 20.5. The van der Waals surface area contributed by atoms with E-state index in [0.717, 1.165) is 24.0 Å². The maximum Gasteiger partial charge on any atom is 0.407 e.